The van der Waals surface area contributed by atoms with Gasteiger partial charge in [-0.05, 0) is 36.0 Å². The number of para-hydroxylation sites is 1. The molecule has 0 atom stereocenters. The fourth-order valence-corrected chi connectivity index (χ4v) is 2.48. The largest absolute Gasteiger partial charge is 0.484 e. The fourth-order valence-electron chi connectivity index (χ4n) is 1.74. The van der Waals surface area contributed by atoms with Gasteiger partial charge in [-0.25, -0.2) is 4.39 Å². The van der Waals surface area contributed by atoms with Gasteiger partial charge >= 0.3 is 0 Å². The van der Waals surface area contributed by atoms with Crippen molar-refractivity contribution in [2.24, 2.45) is 0 Å². The predicted molar refractivity (Wildman–Crippen MR) is 91.9 cm³/mol. The highest BCUT2D eigenvalue weighted by Gasteiger charge is 2.12. The molecule has 0 heterocycles. The Bertz CT molecular complexity index is 737. The van der Waals surface area contributed by atoms with E-state index < -0.39 is 11.7 Å². The SMILES string of the molecule is CN(C)C(=O)Sc1ccccc1NC(=O)COc1cccc(F)c1. The number of carbonyl (C=O) groups excluding carboxylic acids is 2. The summed E-state index contributed by atoms with van der Waals surface area (Å²) in [7, 11) is 3.31. The Balaban J connectivity index is 1.97. The van der Waals surface area contributed by atoms with Crippen molar-refractivity contribution in [3.63, 3.8) is 0 Å². The van der Waals surface area contributed by atoms with E-state index >= 15 is 0 Å². The molecule has 126 valence electrons. The van der Waals surface area contributed by atoms with Gasteiger partial charge in [-0.15, -0.1) is 0 Å². The van der Waals surface area contributed by atoms with Gasteiger partial charge in [0.1, 0.15) is 11.6 Å². The highest BCUT2D eigenvalue weighted by molar-refractivity contribution is 8.13. The first-order valence-electron chi connectivity index (χ1n) is 7.12. The summed E-state index contributed by atoms with van der Waals surface area (Å²) < 4.78 is 18.3. The topological polar surface area (TPSA) is 58.6 Å². The lowest BCUT2D eigenvalue weighted by Gasteiger charge is -2.13. The van der Waals surface area contributed by atoms with E-state index in [2.05, 4.69) is 5.32 Å². The second-order valence-electron chi connectivity index (χ2n) is 5.05. The molecule has 7 heteroatoms. The maximum absolute atomic E-state index is 13.1. The molecule has 2 aromatic rings. The van der Waals surface area contributed by atoms with E-state index in [9.17, 15) is 14.0 Å². The number of carbonyl (C=O) groups is 2. The Kier molecular flexibility index (Phi) is 6.20. The van der Waals surface area contributed by atoms with Crippen LogP contribution in [0.4, 0.5) is 14.9 Å². The van der Waals surface area contributed by atoms with Crippen molar-refractivity contribution in [2.75, 3.05) is 26.0 Å². The molecule has 0 aliphatic carbocycles. The molecule has 0 spiro atoms. The number of nitrogens with one attached hydrogen (secondary N) is 1. The normalized spacial score (nSPS) is 10.1. The number of benzene rings is 2. The molecule has 0 saturated heterocycles. The first-order chi connectivity index (χ1) is 11.5. The number of rotatable bonds is 5. The summed E-state index contributed by atoms with van der Waals surface area (Å²) in [4.78, 5) is 25.9. The van der Waals surface area contributed by atoms with Crippen LogP contribution in [0.5, 0.6) is 5.75 Å². The Hall–Kier alpha value is -2.54. The Morgan fingerprint density at radius 2 is 1.92 bits per heavy atom. The minimum Gasteiger partial charge on any atom is -0.484 e. The summed E-state index contributed by atoms with van der Waals surface area (Å²) in [5, 5.41) is 2.54. The number of amides is 2. The van der Waals surface area contributed by atoms with Gasteiger partial charge in [0, 0.05) is 25.1 Å². The van der Waals surface area contributed by atoms with Gasteiger partial charge in [0.2, 0.25) is 0 Å². The lowest BCUT2D eigenvalue weighted by atomic mass is 10.3. The first kappa shape index (κ1) is 17.8. The summed E-state index contributed by atoms with van der Waals surface area (Å²) in [5.74, 6) is -0.558. The van der Waals surface area contributed by atoms with Gasteiger partial charge in [0.05, 0.1) is 5.69 Å². The average Bonchev–Trinajstić information content (AvgIpc) is 2.54. The fraction of sp³-hybridized carbons (Fsp3) is 0.176. The highest BCUT2D eigenvalue weighted by Crippen LogP contribution is 2.28. The van der Waals surface area contributed by atoms with Crippen LogP contribution in [-0.4, -0.2) is 36.7 Å². The van der Waals surface area contributed by atoms with Gasteiger partial charge in [-0.2, -0.15) is 0 Å². The van der Waals surface area contributed by atoms with Gasteiger partial charge in [0.25, 0.3) is 11.1 Å². The first-order valence-corrected chi connectivity index (χ1v) is 7.94. The molecule has 0 aromatic heterocycles. The minimum absolute atomic E-state index is 0.146. The van der Waals surface area contributed by atoms with Gasteiger partial charge in [-0.1, -0.05) is 18.2 Å². The molecule has 0 saturated carbocycles. The molecule has 0 bridgehead atoms. The van der Waals surface area contributed by atoms with E-state index in [1.54, 1.807) is 44.4 Å². The summed E-state index contributed by atoms with van der Waals surface area (Å²) in [6, 6.07) is 12.5. The summed E-state index contributed by atoms with van der Waals surface area (Å²) in [5.41, 5.74) is 0.519. The van der Waals surface area contributed by atoms with Crippen LogP contribution >= 0.6 is 11.8 Å². The molecule has 2 rings (SSSR count). The van der Waals surface area contributed by atoms with Crippen molar-refractivity contribution >= 4 is 28.6 Å². The predicted octanol–water partition coefficient (Wildman–Crippen LogP) is 3.62. The van der Waals surface area contributed by atoms with E-state index in [0.29, 0.717) is 10.6 Å². The number of halogens is 1. The van der Waals surface area contributed by atoms with Crippen molar-refractivity contribution in [2.45, 2.75) is 4.90 Å². The Morgan fingerprint density at radius 3 is 2.62 bits per heavy atom. The summed E-state index contributed by atoms with van der Waals surface area (Å²) in [6.45, 7) is -0.260. The van der Waals surface area contributed by atoms with Crippen molar-refractivity contribution in [3.05, 3.63) is 54.3 Å². The molecule has 2 aromatic carbocycles. The molecule has 0 fully saturated rings. The standard InChI is InChI=1S/C17H17FN2O3S/c1-20(2)17(22)24-15-9-4-3-8-14(15)19-16(21)11-23-13-7-5-6-12(18)10-13/h3-10H,11H2,1-2H3,(H,19,21). The third-order valence-electron chi connectivity index (χ3n) is 2.89. The number of anilines is 1. The lowest BCUT2D eigenvalue weighted by molar-refractivity contribution is -0.118. The number of thioether (sulfide) groups is 1. The molecule has 1 N–H and O–H groups in total. The van der Waals surface area contributed by atoms with E-state index in [0.717, 1.165) is 11.8 Å². The maximum atomic E-state index is 13.1. The van der Waals surface area contributed by atoms with E-state index in [4.69, 9.17) is 4.74 Å². The van der Waals surface area contributed by atoms with Gasteiger partial charge in [-0.3, -0.25) is 9.59 Å². The van der Waals surface area contributed by atoms with Crippen LogP contribution in [-0.2, 0) is 4.79 Å². The number of hydrogen-bond donors (Lipinski definition) is 1. The maximum Gasteiger partial charge on any atom is 0.286 e. The monoisotopic (exact) mass is 348 g/mol. The van der Waals surface area contributed by atoms with Crippen molar-refractivity contribution in [1.82, 2.24) is 4.90 Å². The molecule has 0 aliphatic rings. The highest BCUT2D eigenvalue weighted by atomic mass is 32.2. The summed E-state index contributed by atoms with van der Waals surface area (Å²) in [6.07, 6.45) is 0. The van der Waals surface area contributed by atoms with E-state index in [1.807, 2.05) is 0 Å². The zero-order chi connectivity index (χ0) is 17.5. The van der Waals surface area contributed by atoms with Crippen LogP contribution in [0.3, 0.4) is 0 Å². The van der Waals surface area contributed by atoms with E-state index in [1.165, 1.54) is 23.1 Å². The van der Waals surface area contributed by atoms with Gasteiger partial charge < -0.3 is 15.0 Å². The van der Waals surface area contributed by atoms with Crippen LogP contribution in [0, 0.1) is 5.82 Å². The third-order valence-corrected chi connectivity index (χ3v) is 4.01. The number of hydrogen-bond acceptors (Lipinski definition) is 4. The molecule has 24 heavy (non-hydrogen) atoms. The van der Waals surface area contributed by atoms with Crippen LogP contribution in [0.25, 0.3) is 0 Å². The van der Waals surface area contributed by atoms with Crippen molar-refractivity contribution in [3.8, 4) is 5.75 Å². The molecule has 0 unspecified atom stereocenters. The van der Waals surface area contributed by atoms with Crippen LogP contribution < -0.4 is 10.1 Å². The molecular formula is C17H17FN2O3S. The lowest BCUT2D eigenvalue weighted by Crippen LogP contribution is -2.21. The number of ether oxygens (including phenoxy) is 1. The minimum atomic E-state index is -0.433. The zero-order valence-corrected chi connectivity index (χ0v) is 14.1. The second-order valence-corrected chi connectivity index (χ2v) is 6.05. The zero-order valence-electron chi connectivity index (χ0n) is 13.3. The summed E-state index contributed by atoms with van der Waals surface area (Å²) >= 11 is 1.02. The Morgan fingerprint density at radius 1 is 1.17 bits per heavy atom. The number of nitrogens with zero attached hydrogens (tertiary/aromatic N) is 1. The van der Waals surface area contributed by atoms with Crippen LogP contribution in [0.2, 0.25) is 0 Å². The van der Waals surface area contributed by atoms with Crippen LogP contribution in [0.1, 0.15) is 0 Å². The van der Waals surface area contributed by atoms with Crippen molar-refractivity contribution in [1.29, 1.82) is 0 Å². The molecule has 5 nitrogen and oxygen atoms in total. The third kappa shape index (κ3) is 5.27. The quantitative estimate of drug-likeness (QED) is 0.839. The molecule has 0 radical (unpaired) electrons. The average molecular weight is 348 g/mol. The second kappa shape index (κ2) is 8.35. The molecule has 2 amide bonds. The van der Waals surface area contributed by atoms with Crippen LogP contribution in [0.15, 0.2) is 53.4 Å². The van der Waals surface area contributed by atoms with Crippen molar-refractivity contribution < 1.29 is 18.7 Å². The van der Waals surface area contributed by atoms with Gasteiger partial charge in [0.15, 0.2) is 6.61 Å². The van der Waals surface area contributed by atoms with E-state index in [-0.39, 0.29) is 17.6 Å². The molecule has 0 aliphatic heterocycles. The smallest absolute Gasteiger partial charge is 0.286 e. The molecular weight excluding hydrogens is 331 g/mol. The Labute approximate surface area is 143 Å².